The van der Waals surface area contributed by atoms with Crippen molar-refractivity contribution in [2.75, 3.05) is 42.9 Å². The van der Waals surface area contributed by atoms with E-state index in [-0.39, 0.29) is 12.0 Å². The predicted octanol–water partition coefficient (Wildman–Crippen LogP) is 3.26. The molecule has 3 rings (SSSR count). The van der Waals surface area contributed by atoms with Crippen LogP contribution >= 0.6 is 0 Å². The van der Waals surface area contributed by atoms with E-state index in [2.05, 4.69) is 27.0 Å². The fraction of sp³-hybridized carbons (Fsp3) is 0.429. The van der Waals surface area contributed by atoms with Crippen LogP contribution in [0.15, 0.2) is 42.6 Å². The van der Waals surface area contributed by atoms with Crippen LogP contribution in [0.1, 0.15) is 31.3 Å². The predicted molar refractivity (Wildman–Crippen MR) is 109 cm³/mol. The number of likely N-dealkylation sites (N-methyl/N-ethyl adjacent to an activating group) is 1. The molecule has 2 heterocycles. The molecule has 0 aliphatic carbocycles. The summed E-state index contributed by atoms with van der Waals surface area (Å²) in [5.74, 6) is 0.580. The van der Waals surface area contributed by atoms with Gasteiger partial charge in [-0.05, 0) is 56.8 Å². The Morgan fingerprint density at radius 3 is 2.48 bits per heavy atom. The molecule has 1 amide bonds. The second-order valence-corrected chi connectivity index (χ2v) is 6.97. The molecule has 1 aliphatic heterocycles. The molecule has 0 bridgehead atoms. The van der Waals surface area contributed by atoms with Gasteiger partial charge in [0, 0.05) is 43.8 Å². The zero-order valence-electron chi connectivity index (χ0n) is 16.3. The lowest BCUT2D eigenvalue weighted by atomic mass is 10.2. The highest BCUT2D eigenvalue weighted by Crippen LogP contribution is 2.19. The van der Waals surface area contributed by atoms with Crippen LogP contribution in [0, 0.1) is 0 Å². The summed E-state index contributed by atoms with van der Waals surface area (Å²) in [5, 5.41) is 2.90. The zero-order valence-corrected chi connectivity index (χ0v) is 16.3. The van der Waals surface area contributed by atoms with Crippen LogP contribution in [0.4, 0.5) is 11.4 Å². The lowest BCUT2D eigenvalue weighted by molar-refractivity contribution is 0.102. The van der Waals surface area contributed by atoms with Gasteiger partial charge in [-0.15, -0.1) is 0 Å². The van der Waals surface area contributed by atoms with Crippen LogP contribution in [-0.4, -0.2) is 54.6 Å². The van der Waals surface area contributed by atoms with Gasteiger partial charge >= 0.3 is 0 Å². The average molecular weight is 368 g/mol. The van der Waals surface area contributed by atoms with Gasteiger partial charge in [0.2, 0.25) is 0 Å². The minimum absolute atomic E-state index is 0.122. The van der Waals surface area contributed by atoms with Crippen molar-refractivity contribution in [3.8, 4) is 5.75 Å². The molecule has 1 aromatic heterocycles. The Labute approximate surface area is 161 Å². The first-order valence-electron chi connectivity index (χ1n) is 9.56. The maximum Gasteiger partial charge on any atom is 0.274 e. The van der Waals surface area contributed by atoms with Crippen LogP contribution in [0.3, 0.4) is 0 Å². The molecule has 1 fully saturated rings. The minimum atomic E-state index is -0.207. The number of carbonyl (C=O) groups excluding carboxylic acids is 1. The molecule has 1 aromatic carbocycles. The van der Waals surface area contributed by atoms with Crippen molar-refractivity contribution in [2.24, 2.45) is 0 Å². The molecule has 27 heavy (non-hydrogen) atoms. The number of anilines is 2. The van der Waals surface area contributed by atoms with Gasteiger partial charge in [0.25, 0.3) is 5.91 Å². The van der Waals surface area contributed by atoms with E-state index < -0.39 is 0 Å². The molecule has 0 unspecified atom stereocenters. The summed E-state index contributed by atoms with van der Waals surface area (Å²) in [5.41, 5.74) is 2.19. The third kappa shape index (κ3) is 5.20. The normalized spacial score (nSPS) is 15.0. The monoisotopic (exact) mass is 368 g/mol. The van der Waals surface area contributed by atoms with Crippen molar-refractivity contribution < 1.29 is 9.53 Å². The minimum Gasteiger partial charge on any atom is -0.491 e. The van der Waals surface area contributed by atoms with Crippen LogP contribution in [-0.2, 0) is 0 Å². The Morgan fingerprint density at radius 2 is 1.85 bits per heavy atom. The van der Waals surface area contributed by atoms with Gasteiger partial charge in [-0.3, -0.25) is 9.78 Å². The number of aromatic nitrogens is 1. The number of pyridine rings is 1. The summed E-state index contributed by atoms with van der Waals surface area (Å²) in [6.45, 7) is 11.3. The summed E-state index contributed by atoms with van der Waals surface area (Å²) in [4.78, 5) is 21.6. The molecule has 0 radical (unpaired) electrons. The van der Waals surface area contributed by atoms with E-state index in [0.29, 0.717) is 5.69 Å². The molecule has 0 atom stereocenters. The average Bonchev–Trinajstić information content (AvgIpc) is 2.69. The van der Waals surface area contributed by atoms with Gasteiger partial charge < -0.3 is 19.9 Å². The molecular formula is C21H28N4O2. The zero-order chi connectivity index (χ0) is 19.2. The van der Waals surface area contributed by atoms with Gasteiger partial charge in [-0.2, -0.15) is 0 Å². The summed E-state index contributed by atoms with van der Waals surface area (Å²) in [6.07, 6.45) is 1.83. The number of nitrogens with one attached hydrogen (secondary N) is 1. The lowest BCUT2D eigenvalue weighted by Crippen LogP contribution is -2.46. The number of rotatable bonds is 6. The van der Waals surface area contributed by atoms with Crippen LogP contribution < -0.4 is 15.0 Å². The quantitative estimate of drug-likeness (QED) is 0.848. The van der Waals surface area contributed by atoms with E-state index in [1.165, 1.54) is 0 Å². The van der Waals surface area contributed by atoms with Crippen LogP contribution in [0.5, 0.6) is 5.75 Å². The highest BCUT2D eigenvalue weighted by atomic mass is 16.5. The molecule has 0 saturated carbocycles. The molecule has 1 N–H and O–H groups in total. The van der Waals surface area contributed by atoms with Crippen LogP contribution in [0.25, 0.3) is 0 Å². The third-order valence-corrected chi connectivity index (χ3v) is 4.64. The molecule has 144 valence electrons. The van der Waals surface area contributed by atoms with E-state index in [4.69, 9.17) is 4.74 Å². The number of benzene rings is 1. The summed E-state index contributed by atoms with van der Waals surface area (Å²) >= 11 is 0. The second-order valence-electron chi connectivity index (χ2n) is 6.97. The Morgan fingerprint density at radius 1 is 1.15 bits per heavy atom. The number of ether oxygens (including phenoxy) is 1. The third-order valence-electron chi connectivity index (χ3n) is 4.64. The van der Waals surface area contributed by atoms with Crippen LogP contribution in [0.2, 0.25) is 0 Å². The number of nitrogens with zero attached hydrogens (tertiary/aromatic N) is 3. The molecule has 0 spiro atoms. The van der Waals surface area contributed by atoms with Gasteiger partial charge in [0.15, 0.2) is 0 Å². The number of piperazine rings is 1. The Hall–Kier alpha value is -2.60. The summed E-state index contributed by atoms with van der Waals surface area (Å²) in [7, 11) is 0. The van der Waals surface area contributed by atoms with E-state index in [1.54, 1.807) is 6.20 Å². The van der Waals surface area contributed by atoms with Gasteiger partial charge in [0.1, 0.15) is 11.4 Å². The van der Waals surface area contributed by atoms with E-state index in [1.807, 2.05) is 50.2 Å². The van der Waals surface area contributed by atoms with Crippen molar-refractivity contribution in [3.63, 3.8) is 0 Å². The highest BCUT2D eigenvalue weighted by Gasteiger charge is 2.17. The summed E-state index contributed by atoms with van der Waals surface area (Å²) < 4.78 is 5.62. The van der Waals surface area contributed by atoms with Crippen molar-refractivity contribution in [3.05, 3.63) is 48.3 Å². The number of amides is 1. The number of hydrogen-bond donors (Lipinski definition) is 1. The highest BCUT2D eigenvalue weighted by molar-refractivity contribution is 6.03. The first-order chi connectivity index (χ1) is 13.0. The fourth-order valence-electron chi connectivity index (χ4n) is 3.15. The van der Waals surface area contributed by atoms with Crippen molar-refractivity contribution in [1.29, 1.82) is 0 Å². The van der Waals surface area contributed by atoms with E-state index >= 15 is 0 Å². The molecular weight excluding hydrogens is 340 g/mol. The van der Waals surface area contributed by atoms with Gasteiger partial charge in [0.05, 0.1) is 6.10 Å². The smallest absolute Gasteiger partial charge is 0.274 e. The molecule has 6 nitrogen and oxygen atoms in total. The van der Waals surface area contributed by atoms with Gasteiger partial charge in [-0.25, -0.2) is 0 Å². The standard InChI is InChI=1S/C21H28N4O2/c1-4-24-11-13-25(14-12-24)18-9-10-22-20(15-18)21(26)23-17-5-7-19(8-6-17)27-16(2)3/h5-10,15-16H,4,11-14H2,1-3H3,(H,23,26). The Bertz CT molecular complexity index is 753. The Kier molecular flexibility index (Phi) is 6.29. The molecule has 1 saturated heterocycles. The van der Waals surface area contributed by atoms with Crippen molar-refractivity contribution >= 4 is 17.3 Å². The first kappa shape index (κ1) is 19.2. The summed E-state index contributed by atoms with van der Waals surface area (Å²) in [6, 6.07) is 11.2. The molecule has 1 aliphatic rings. The van der Waals surface area contributed by atoms with Crippen molar-refractivity contribution in [1.82, 2.24) is 9.88 Å². The number of hydrogen-bond acceptors (Lipinski definition) is 5. The van der Waals surface area contributed by atoms with Crippen molar-refractivity contribution in [2.45, 2.75) is 26.9 Å². The fourth-order valence-corrected chi connectivity index (χ4v) is 3.15. The maximum atomic E-state index is 12.6. The molecule has 6 heteroatoms. The topological polar surface area (TPSA) is 57.7 Å². The Balaban J connectivity index is 1.63. The van der Waals surface area contributed by atoms with E-state index in [0.717, 1.165) is 49.8 Å². The first-order valence-corrected chi connectivity index (χ1v) is 9.56. The van der Waals surface area contributed by atoms with Gasteiger partial charge in [-0.1, -0.05) is 6.92 Å². The largest absolute Gasteiger partial charge is 0.491 e. The maximum absolute atomic E-state index is 12.6. The molecule has 2 aromatic rings. The SMILES string of the molecule is CCN1CCN(c2ccnc(C(=O)Nc3ccc(OC(C)C)cc3)c2)CC1. The lowest BCUT2D eigenvalue weighted by Gasteiger charge is -2.35. The van der Waals surface area contributed by atoms with E-state index in [9.17, 15) is 4.79 Å². The second kappa shape index (κ2) is 8.86. The number of carbonyl (C=O) groups is 1.